The first-order chi connectivity index (χ1) is 8.61. The summed E-state index contributed by atoms with van der Waals surface area (Å²) in [5.41, 5.74) is 5.69. The Kier molecular flexibility index (Phi) is 4.22. The highest BCUT2D eigenvalue weighted by Gasteiger charge is 2.34. The Balaban J connectivity index is 1.85. The fourth-order valence-corrected chi connectivity index (χ4v) is 2.65. The molecule has 2 aliphatic rings. The van der Waals surface area contributed by atoms with Gasteiger partial charge in [0.05, 0.1) is 5.92 Å². The summed E-state index contributed by atoms with van der Waals surface area (Å²) in [7, 11) is 0. The van der Waals surface area contributed by atoms with Crippen molar-refractivity contribution in [2.45, 2.75) is 38.6 Å². The summed E-state index contributed by atoms with van der Waals surface area (Å²) in [6, 6.07) is 0.130. The first kappa shape index (κ1) is 13.3. The lowest BCUT2D eigenvalue weighted by atomic mass is 9.96. The maximum Gasteiger partial charge on any atom is 0.225 e. The van der Waals surface area contributed by atoms with E-state index >= 15 is 0 Å². The fraction of sp³-hybridized carbons (Fsp3) is 0.846. The van der Waals surface area contributed by atoms with Gasteiger partial charge in [-0.05, 0) is 31.6 Å². The molecule has 3 N–H and O–H groups in total. The number of nitrogens with one attached hydrogen (secondary N) is 1. The Morgan fingerprint density at radius 3 is 2.67 bits per heavy atom. The summed E-state index contributed by atoms with van der Waals surface area (Å²) in [5, 5.41) is 3.06. The average Bonchev–Trinajstić information content (AvgIpc) is 3.20. The molecular formula is C13H23N3O2. The van der Waals surface area contributed by atoms with Crippen LogP contribution < -0.4 is 11.1 Å². The molecule has 0 aromatic carbocycles. The molecule has 0 aromatic rings. The van der Waals surface area contributed by atoms with Gasteiger partial charge in [0.15, 0.2) is 0 Å². The minimum absolute atomic E-state index is 0.0598. The number of nitrogens with zero attached hydrogens (tertiary/aromatic N) is 1. The van der Waals surface area contributed by atoms with Crippen molar-refractivity contribution in [3.05, 3.63) is 0 Å². The Hall–Kier alpha value is -1.10. The third-order valence-electron chi connectivity index (χ3n) is 4.01. The molecule has 2 atom stereocenters. The van der Waals surface area contributed by atoms with Crippen LogP contribution in [0.15, 0.2) is 0 Å². The fourth-order valence-electron chi connectivity index (χ4n) is 2.65. The van der Waals surface area contributed by atoms with E-state index in [0.717, 1.165) is 19.4 Å². The number of rotatable bonds is 4. The summed E-state index contributed by atoms with van der Waals surface area (Å²) in [6.07, 6.45) is 4.13. The highest BCUT2D eigenvalue weighted by molar-refractivity contribution is 5.81. The number of likely N-dealkylation sites (tertiary alicyclic amines) is 1. The van der Waals surface area contributed by atoms with Crippen LogP contribution in [0.1, 0.15) is 32.6 Å². The van der Waals surface area contributed by atoms with Crippen LogP contribution in [0, 0.1) is 11.8 Å². The number of piperidine rings is 1. The Morgan fingerprint density at radius 1 is 1.39 bits per heavy atom. The second kappa shape index (κ2) is 5.69. The summed E-state index contributed by atoms with van der Waals surface area (Å²) in [4.78, 5) is 25.3. The Bertz CT molecular complexity index is 328. The van der Waals surface area contributed by atoms with Gasteiger partial charge in [0.25, 0.3) is 0 Å². The molecule has 0 bridgehead atoms. The van der Waals surface area contributed by atoms with Crippen molar-refractivity contribution in [1.82, 2.24) is 10.2 Å². The van der Waals surface area contributed by atoms with Crippen LogP contribution in [0.2, 0.25) is 0 Å². The summed E-state index contributed by atoms with van der Waals surface area (Å²) < 4.78 is 0. The predicted octanol–water partition coefficient (Wildman–Crippen LogP) is 0.0984. The molecule has 2 amide bonds. The quantitative estimate of drug-likeness (QED) is 0.746. The normalized spacial score (nSPS) is 25.7. The SMILES string of the molecule is CC(=O)N1CCCC(C(=O)NC(CN)C2CC2)C1. The zero-order chi connectivity index (χ0) is 13.1. The molecule has 2 fully saturated rings. The van der Waals surface area contributed by atoms with Gasteiger partial charge in [-0.1, -0.05) is 0 Å². The van der Waals surface area contributed by atoms with Gasteiger partial charge in [-0.25, -0.2) is 0 Å². The Labute approximate surface area is 108 Å². The number of carbonyl (C=O) groups is 2. The topological polar surface area (TPSA) is 75.4 Å². The lowest BCUT2D eigenvalue weighted by molar-refractivity contribution is -0.134. The van der Waals surface area contributed by atoms with E-state index in [-0.39, 0.29) is 23.8 Å². The summed E-state index contributed by atoms with van der Waals surface area (Å²) in [5.74, 6) is 0.648. The molecule has 2 unspecified atom stereocenters. The molecule has 1 aliphatic heterocycles. The van der Waals surface area contributed by atoms with Crippen molar-refractivity contribution < 1.29 is 9.59 Å². The average molecular weight is 253 g/mol. The minimum Gasteiger partial charge on any atom is -0.352 e. The zero-order valence-electron chi connectivity index (χ0n) is 11.0. The van der Waals surface area contributed by atoms with Gasteiger partial charge in [-0.15, -0.1) is 0 Å². The van der Waals surface area contributed by atoms with E-state index in [2.05, 4.69) is 5.32 Å². The monoisotopic (exact) mass is 253 g/mol. The molecule has 18 heavy (non-hydrogen) atoms. The molecule has 102 valence electrons. The van der Waals surface area contributed by atoms with Gasteiger partial charge in [0, 0.05) is 32.6 Å². The van der Waals surface area contributed by atoms with Crippen LogP contribution in [0.4, 0.5) is 0 Å². The first-order valence-electron chi connectivity index (χ1n) is 6.87. The van der Waals surface area contributed by atoms with Crippen molar-refractivity contribution in [3.63, 3.8) is 0 Å². The second-order valence-corrected chi connectivity index (χ2v) is 5.49. The number of amides is 2. The second-order valence-electron chi connectivity index (χ2n) is 5.49. The summed E-state index contributed by atoms with van der Waals surface area (Å²) >= 11 is 0. The molecule has 0 aromatic heterocycles. The van der Waals surface area contributed by atoms with Crippen molar-refractivity contribution >= 4 is 11.8 Å². The smallest absolute Gasteiger partial charge is 0.225 e. The minimum atomic E-state index is -0.0598. The number of hydrogen-bond acceptors (Lipinski definition) is 3. The van der Waals surface area contributed by atoms with E-state index in [1.54, 1.807) is 11.8 Å². The van der Waals surface area contributed by atoms with Crippen molar-refractivity contribution in [2.24, 2.45) is 17.6 Å². The third-order valence-corrected chi connectivity index (χ3v) is 4.01. The van der Waals surface area contributed by atoms with Gasteiger partial charge in [-0.3, -0.25) is 9.59 Å². The molecule has 5 heteroatoms. The number of hydrogen-bond donors (Lipinski definition) is 2. The third kappa shape index (κ3) is 3.22. The van der Waals surface area contributed by atoms with E-state index in [4.69, 9.17) is 5.73 Å². The molecule has 5 nitrogen and oxygen atoms in total. The van der Waals surface area contributed by atoms with Gasteiger partial charge in [-0.2, -0.15) is 0 Å². The van der Waals surface area contributed by atoms with Crippen molar-refractivity contribution in [2.75, 3.05) is 19.6 Å². The maximum atomic E-state index is 12.2. The first-order valence-corrected chi connectivity index (χ1v) is 6.87. The van der Waals surface area contributed by atoms with E-state index in [1.165, 1.54) is 12.8 Å². The van der Waals surface area contributed by atoms with E-state index in [0.29, 0.717) is 19.0 Å². The van der Waals surface area contributed by atoms with Gasteiger partial charge in [0.2, 0.25) is 11.8 Å². The van der Waals surface area contributed by atoms with Gasteiger partial charge < -0.3 is 16.0 Å². The van der Waals surface area contributed by atoms with Crippen molar-refractivity contribution in [3.8, 4) is 0 Å². The van der Waals surface area contributed by atoms with Crippen molar-refractivity contribution in [1.29, 1.82) is 0 Å². The summed E-state index contributed by atoms with van der Waals surface area (Å²) in [6.45, 7) is 3.41. The van der Waals surface area contributed by atoms with Crippen LogP contribution in [-0.4, -0.2) is 42.4 Å². The lowest BCUT2D eigenvalue weighted by Crippen LogP contribution is -2.49. The molecule has 0 spiro atoms. The van der Waals surface area contributed by atoms with Gasteiger partial charge >= 0.3 is 0 Å². The molecule has 2 rings (SSSR count). The van der Waals surface area contributed by atoms with Crippen LogP contribution in [-0.2, 0) is 9.59 Å². The molecule has 1 saturated carbocycles. The molecule has 1 aliphatic carbocycles. The van der Waals surface area contributed by atoms with E-state index < -0.39 is 0 Å². The Morgan fingerprint density at radius 2 is 2.11 bits per heavy atom. The highest BCUT2D eigenvalue weighted by Crippen LogP contribution is 2.32. The van der Waals surface area contributed by atoms with Crippen LogP contribution in [0.25, 0.3) is 0 Å². The largest absolute Gasteiger partial charge is 0.352 e. The molecule has 0 radical (unpaired) electrons. The molecular weight excluding hydrogens is 230 g/mol. The van der Waals surface area contributed by atoms with Crippen LogP contribution >= 0.6 is 0 Å². The predicted molar refractivity (Wildman–Crippen MR) is 68.7 cm³/mol. The lowest BCUT2D eigenvalue weighted by Gasteiger charge is -2.32. The van der Waals surface area contributed by atoms with Crippen LogP contribution in [0.5, 0.6) is 0 Å². The number of carbonyl (C=O) groups excluding carboxylic acids is 2. The molecule has 1 heterocycles. The van der Waals surface area contributed by atoms with E-state index in [9.17, 15) is 9.59 Å². The van der Waals surface area contributed by atoms with Crippen LogP contribution in [0.3, 0.4) is 0 Å². The zero-order valence-corrected chi connectivity index (χ0v) is 11.0. The maximum absolute atomic E-state index is 12.2. The van der Waals surface area contributed by atoms with Gasteiger partial charge in [0.1, 0.15) is 0 Å². The molecule has 1 saturated heterocycles. The number of nitrogens with two attached hydrogens (primary N) is 1. The highest BCUT2D eigenvalue weighted by atomic mass is 16.2. The standard InChI is InChI=1S/C13H23N3O2/c1-9(17)16-6-2-3-11(8-16)13(18)15-12(7-14)10-4-5-10/h10-12H,2-8,14H2,1H3,(H,15,18). The van der Waals surface area contributed by atoms with E-state index in [1.807, 2.05) is 0 Å².